The van der Waals surface area contributed by atoms with Crippen LogP contribution in [0.15, 0.2) is 60.7 Å². The summed E-state index contributed by atoms with van der Waals surface area (Å²) in [5.41, 5.74) is 6.97. The van der Waals surface area contributed by atoms with Crippen LogP contribution in [-0.4, -0.2) is 65.4 Å². The fourth-order valence-electron chi connectivity index (χ4n) is 7.14. The van der Waals surface area contributed by atoms with Crippen LogP contribution in [0.2, 0.25) is 0 Å². The molecule has 0 unspecified atom stereocenters. The van der Waals surface area contributed by atoms with Crippen molar-refractivity contribution in [2.45, 2.75) is 31.3 Å². The Hall–Kier alpha value is -4.40. The minimum absolute atomic E-state index is 0.153. The van der Waals surface area contributed by atoms with E-state index in [2.05, 4.69) is 66.4 Å². The third-order valence-electron chi connectivity index (χ3n) is 9.54. The highest BCUT2D eigenvalue weighted by molar-refractivity contribution is 5.65. The zero-order chi connectivity index (χ0) is 31.2. The molecule has 0 fully saturated rings. The normalized spacial score (nSPS) is 19.1. The molecule has 0 aliphatic carbocycles. The molecule has 0 radical (unpaired) electrons. The number of likely N-dealkylation sites (N-methyl/N-ethyl adjacent to an activating group) is 2. The number of nitrogens with zero attached hydrogens (tertiary/aromatic N) is 2. The van der Waals surface area contributed by atoms with Gasteiger partial charge in [-0.15, -0.1) is 0 Å². The Morgan fingerprint density at radius 2 is 1.38 bits per heavy atom. The van der Waals surface area contributed by atoms with Crippen molar-refractivity contribution in [1.82, 2.24) is 9.80 Å². The Kier molecular flexibility index (Phi) is 7.71. The molecule has 0 aromatic heterocycles. The van der Waals surface area contributed by atoms with Gasteiger partial charge in [-0.2, -0.15) is 0 Å². The maximum Gasteiger partial charge on any atom is 0.204 e. The van der Waals surface area contributed by atoms with Crippen molar-refractivity contribution in [3.05, 3.63) is 94.0 Å². The fraction of sp³-hybridized carbons (Fsp3) is 0.351. The van der Waals surface area contributed by atoms with Gasteiger partial charge in [0.25, 0.3) is 0 Å². The van der Waals surface area contributed by atoms with Gasteiger partial charge in [-0.25, -0.2) is 0 Å². The smallest absolute Gasteiger partial charge is 0.204 e. The first-order valence-corrected chi connectivity index (χ1v) is 15.4. The zero-order valence-electron chi connectivity index (χ0n) is 26.8. The predicted octanol–water partition coefficient (Wildman–Crippen LogP) is 6.97. The van der Waals surface area contributed by atoms with Crippen molar-refractivity contribution in [3.8, 4) is 46.0 Å². The molecule has 8 heteroatoms. The molecule has 8 bridgehead atoms. The van der Waals surface area contributed by atoms with E-state index in [9.17, 15) is 0 Å². The largest absolute Gasteiger partial charge is 0.493 e. The second-order valence-corrected chi connectivity index (χ2v) is 12.1. The molecule has 45 heavy (non-hydrogen) atoms. The van der Waals surface area contributed by atoms with Crippen LogP contribution in [0.1, 0.15) is 45.5 Å². The molecule has 8 nitrogen and oxygen atoms in total. The van der Waals surface area contributed by atoms with Crippen LogP contribution in [-0.2, 0) is 19.3 Å². The number of fused-ring (bicyclic) bond motifs is 1. The first-order chi connectivity index (χ1) is 21.9. The van der Waals surface area contributed by atoms with E-state index in [1.54, 1.807) is 28.4 Å². The average molecular weight is 609 g/mol. The third kappa shape index (κ3) is 5.12. The number of methoxy groups -OCH3 is 4. The highest BCUT2D eigenvalue weighted by Crippen LogP contribution is 2.53. The van der Waals surface area contributed by atoms with Gasteiger partial charge in [0.1, 0.15) is 5.75 Å². The maximum atomic E-state index is 6.98. The minimum Gasteiger partial charge on any atom is -0.493 e. The molecule has 234 valence electrons. The standard InChI is InChI=1S/C37H40N2O6/c1-38-15-13-23-18-32-30(41-4)21-27(23)28(38)17-22-7-10-26(11-8-22)44-31-20-25(9-12-29(31)40-3)35-34-24(14-16-39(35)2)19-33(42-5)36(43-6)37(34)45-32/h7-12,18-21,28,35H,13-17H2,1-6H3/t28-,35+/m0/s1. The molecule has 4 aromatic carbocycles. The van der Waals surface area contributed by atoms with Gasteiger partial charge in [-0.3, -0.25) is 9.80 Å². The van der Waals surface area contributed by atoms with Crippen LogP contribution in [0.5, 0.6) is 46.0 Å². The lowest BCUT2D eigenvalue weighted by molar-refractivity contribution is 0.228. The second-order valence-electron chi connectivity index (χ2n) is 12.1. The number of ether oxygens (including phenoxy) is 6. The molecule has 4 aromatic rings. The Balaban J connectivity index is 1.51. The minimum atomic E-state index is -0.153. The van der Waals surface area contributed by atoms with Gasteiger partial charge < -0.3 is 28.4 Å². The number of rotatable bonds is 4. The Morgan fingerprint density at radius 1 is 0.667 bits per heavy atom. The predicted molar refractivity (Wildman–Crippen MR) is 173 cm³/mol. The summed E-state index contributed by atoms with van der Waals surface area (Å²) in [6.07, 6.45) is 2.61. The topological polar surface area (TPSA) is 61.9 Å². The monoisotopic (exact) mass is 608 g/mol. The van der Waals surface area contributed by atoms with Gasteiger partial charge >= 0.3 is 0 Å². The summed E-state index contributed by atoms with van der Waals surface area (Å²) in [7, 11) is 11.0. The molecule has 5 heterocycles. The molecule has 2 atom stereocenters. The van der Waals surface area contributed by atoms with E-state index in [1.165, 1.54) is 16.7 Å². The Bertz CT molecular complexity index is 1740. The molecule has 0 saturated heterocycles. The van der Waals surface area contributed by atoms with Crippen molar-refractivity contribution < 1.29 is 28.4 Å². The van der Waals surface area contributed by atoms with Crippen molar-refractivity contribution in [2.24, 2.45) is 0 Å². The van der Waals surface area contributed by atoms with E-state index in [-0.39, 0.29) is 12.1 Å². The molecule has 5 aliphatic heterocycles. The van der Waals surface area contributed by atoms with E-state index in [4.69, 9.17) is 28.4 Å². The molecule has 0 amide bonds. The van der Waals surface area contributed by atoms with E-state index < -0.39 is 0 Å². The summed E-state index contributed by atoms with van der Waals surface area (Å²) in [5, 5.41) is 0. The first kappa shape index (κ1) is 29.3. The SMILES string of the molecule is COc1ccc2cc1Oc1ccc(cc1)C[C@H]1c3cc(OC)c(cc3CCN1C)Oc1c(OC)c(OC)cc3c1[C@@H]2N(C)CC3. The van der Waals surface area contributed by atoms with Gasteiger partial charge in [-0.1, -0.05) is 18.2 Å². The van der Waals surface area contributed by atoms with Crippen molar-refractivity contribution in [1.29, 1.82) is 0 Å². The second kappa shape index (κ2) is 11.8. The van der Waals surface area contributed by atoms with Crippen molar-refractivity contribution >= 4 is 0 Å². The molecule has 0 N–H and O–H groups in total. The number of hydrogen-bond donors (Lipinski definition) is 0. The number of benzene rings is 4. The van der Waals surface area contributed by atoms with Crippen molar-refractivity contribution in [3.63, 3.8) is 0 Å². The molecule has 0 saturated carbocycles. The summed E-state index contributed by atoms with van der Waals surface area (Å²) >= 11 is 0. The van der Waals surface area contributed by atoms with E-state index in [0.717, 1.165) is 54.8 Å². The molecule has 5 aliphatic rings. The van der Waals surface area contributed by atoms with Gasteiger partial charge in [-0.05, 0) is 104 Å². The van der Waals surface area contributed by atoms with Crippen molar-refractivity contribution in [2.75, 3.05) is 55.6 Å². The Labute approximate surface area is 265 Å². The van der Waals surface area contributed by atoms with E-state index >= 15 is 0 Å². The van der Waals surface area contributed by atoms with Crippen LogP contribution < -0.4 is 28.4 Å². The van der Waals surface area contributed by atoms with Crippen LogP contribution in [0.4, 0.5) is 0 Å². The molecule has 9 rings (SSSR count). The highest BCUT2D eigenvalue weighted by atomic mass is 16.5. The van der Waals surface area contributed by atoms with Gasteiger partial charge in [0.15, 0.2) is 34.5 Å². The van der Waals surface area contributed by atoms with E-state index in [1.807, 2.05) is 18.2 Å². The molecular formula is C37H40N2O6. The summed E-state index contributed by atoms with van der Waals surface area (Å²) < 4.78 is 37.1. The molecular weight excluding hydrogens is 568 g/mol. The van der Waals surface area contributed by atoms with Crippen LogP contribution in [0.3, 0.4) is 0 Å². The third-order valence-corrected chi connectivity index (χ3v) is 9.54. The average Bonchev–Trinajstić information content (AvgIpc) is 3.06. The van der Waals surface area contributed by atoms with Crippen LogP contribution in [0, 0.1) is 0 Å². The lowest BCUT2D eigenvalue weighted by Gasteiger charge is -2.37. The lowest BCUT2D eigenvalue weighted by atomic mass is 9.86. The van der Waals surface area contributed by atoms with Crippen LogP contribution in [0.25, 0.3) is 0 Å². The van der Waals surface area contributed by atoms with E-state index in [0.29, 0.717) is 40.2 Å². The van der Waals surface area contributed by atoms with Gasteiger partial charge in [0.2, 0.25) is 5.75 Å². The summed E-state index contributed by atoms with van der Waals surface area (Å²) in [6.45, 7) is 1.80. The van der Waals surface area contributed by atoms with Gasteiger partial charge in [0.05, 0.1) is 34.5 Å². The Morgan fingerprint density at radius 3 is 2.11 bits per heavy atom. The zero-order valence-corrected chi connectivity index (χ0v) is 26.8. The summed E-state index contributed by atoms with van der Waals surface area (Å²) in [5.74, 6) is 5.23. The fourth-order valence-corrected chi connectivity index (χ4v) is 7.14. The molecule has 0 spiro atoms. The summed E-state index contributed by atoms with van der Waals surface area (Å²) in [4.78, 5) is 4.76. The maximum absolute atomic E-state index is 6.98. The van der Waals surface area contributed by atoms with Gasteiger partial charge in [0, 0.05) is 24.7 Å². The van der Waals surface area contributed by atoms with Crippen LogP contribution >= 0.6 is 0 Å². The first-order valence-electron chi connectivity index (χ1n) is 15.4. The number of hydrogen-bond acceptors (Lipinski definition) is 8. The highest BCUT2D eigenvalue weighted by Gasteiger charge is 2.35. The lowest BCUT2D eigenvalue weighted by Crippen LogP contribution is -2.33. The quantitative estimate of drug-likeness (QED) is 0.246. The summed E-state index contributed by atoms with van der Waals surface area (Å²) in [6, 6.07) is 21.0.